The van der Waals surface area contributed by atoms with Gasteiger partial charge in [0.2, 0.25) is 11.8 Å². The highest BCUT2D eigenvalue weighted by Crippen LogP contribution is 2.41. The van der Waals surface area contributed by atoms with Crippen molar-refractivity contribution in [2.24, 2.45) is 11.7 Å². The third-order valence-corrected chi connectivity index (χ3v) is 7.73. The van der Waals surface area contributed by atoms with Crippen LogP contribution in [0.15, 0.2) is 18.2 Å². The van der Waals surface area contributed by atoms with Crippen LogP contribution in [0.3, 0.4) is 0 Å². The number of nitrogens with zero attached hydrogens (tertiary/aromatic N) is 2. The molecule has 32 heavy (non-hydrogen) atoms. The van der Waals surface area contributed by atoms with E-state index in [9.17, 15) is 19.5 Å². The molecule has 4 aliphatic rings. The van der Waals surface area contributed by atoms with E-state index in [0.717, 1.165) is 30.6 Å². The van der Waals surface area contributed by atoms with Crippen molar-refractivity contribution in [1.29, 1.82) is 0 Å². The first-order valence-corrected chi connectivity index (χ1v) is 11.8. The van der Waals surface area contributed by atoms with Gasteiger partial charge in [0.15, 0.2) is 0 Å². The van der Waals surface area contributed by atoms with Crippen molar-refractivity contribution >= 4 is 23.4 Å². The van der Waals surface area contributed by atoms with Gasteiger partial charge in [0.05, 0.1) is 5.60 Å². The van der Waals surface area contributed by atoms with Crippen LogP contribution in [0.2, 0.25) is 0 Å². The lowest BCUT2D eigenvalue weighted by atomic mass is 9.81. The average Bonchev–Trinajstić information content (AvgIpc) is 3.55. The Hall–Kier alpha value is -2.45. The maximum Gasteiger partial charge on any atom is 0.255 e. The van der Waals surface area contributed by atoms with Crippen molar-refractivity contribution in [2.45, 2.75) is 75.6 Å². The number of carbonyl (C=O) groups is 3. The van der Waals surface area contributed by atoms with Gasteiger partial charge in [-0.1, -0.05) is 6.07 Å². The summed E-state index contributed by atoms with van der Waals surface area (Å²) in [7, 11) is 0. The molecule has 1 aromatic carbocycles. The minimum atomic E-state index is -0.765. The molecule has 2 aliphatic heterocycles. The molecular weight excluding hydrogens is 408 g/mol. The largest absolute Gasteiger partial charge is 0.389 e. The Balaban J connectivity index is 1.41. The maximum absolute atomic E-state index is 13.2. The van der Waals surface area contributed by atoms with Crippen molar-refractivity contribution in [2.75, 3.05) is 18.0 Å². The van der Waals surface area contributed by atoms with Crippen LogP contribution in [0.1, 0.15) is 67.3 Å². The zero-order valence-electron chi connectivity index (χ0n) is 18.4. The molecule has 1 atom stereocenters. The van der Waals surface area contributed by atoms with Crippen molar-refractivity contribution in [1.82, 2.24) is 10.2 Å². The van der Waals surface area contributed by atoms with Gasteiger partial charge in [-0.25, -0.2) is 0 Å². The van der Waals surface area contributed by atoms with Crippen LogP contribution in [0.4, 0.5) is 5.69 Å². The summed E-state index contributed by atoms with van der Waals surface area (Å²) in [5, 5.41) is 13.0. The van der Waals surface area contributed by atoms with E-state index in [0.29, 0.717) is 49.9 Å². The van der Waals surface area contributed by atoms with E-state index in [1.807, 2.05) is 12.1 Å². The molecule has 5 rings (SSSR count). The summed E-state index contributed by atoms with van der Waals surface area (Å²) in [5.41, 5.74) is 7.73. The van der Waals surface area contributed by atoms with E-state index >= 15 is 0 Å². The quantitative estimate of drug-likeness (QED) is 0.574. The number of hydrogen-bond acceptors (Lipinski definition) is 6. The fourth-order valence-electron chi connectivity index (χ4n) is 5.52. The van der Waals surface area contributed by atoms with E-state index < -0.39 is 11.6 Å². The minimum Gasteiger partial charge on any atom is -0.389 e. The topological polar surface area (TPSA) is 116 Å². The Morgan fingerprint density at radius 2 is 1.88 bits per heavy atom. The number of rotatable bonds is 6. The number of aliphatic hydroxyl groups is 1. The predicted molar refractivity (Wildman–Crippen MR) is 119 cm³/mol. The molecule has 0 radical (unpaired) electrons. The summed E-state index contributed by atoms with van der Waals surface area (Å²) in [6.45, 7) is 1.63. The molecule has 1 aromatic rings. The predicted octanol–water partition coefficient (Wildman–Crippen LogP) is 1.30. The third kappa shape index (κ3) is 3.90. The lowest BCUT2D eigenvalue weighted by Crippen LogP contribution is -2.52. The molecule has 3 fully saturated rings. The molecule has 8 nitrogen and oxygen atoms in total. The third-order valence-electron chi connectivity index (χ3n) is 7.73. The summed E-state index contributed by atoms with van der Waals surface area (Å²) >= 11 is 0. The van der Waals surface area contributed by atoms with Crippen LogP contribution in [0, 0.1) is 5.92 Å². The van der Waals surface area contributed by atoms with Gasteiger partial charge in [0, 0.05) is 48.9 Å². The smallest absolute Gasteiger partial charge is 0.255 e. The average molecular weight is 441 g/mol. The first kappa shape index (κ1) is 21.4. The fraction of sp³-hybridized carbons (Fsp3) is 0.625. The monoisotopic (exact) mass is 440 g/mol. The molecule has 1 unspecified atom stereocenters. The Bertz CT molecular complexity index is 936. The maximum atomic E-state index is 13.2. The first-order chi connectivity index (χ1) is 15.4. The second-order valence-corrected chi connectivity index (χ2v) is 9.96. The molecule has 3 amide bonds. The molecule has 0 aromatic heterocycles. The molecule has 8 heteroatoms. The lowest BCUT2D eigenvalue weighted by molar-refractivity contribution is -0.136. The zero-order valence-corrected chi connectivity index (χ0v) is 18.4. The molecule has 2 heterocycles. The summed E-state index contributed by atoms with van der Waals surface area (Å²) in [6, 6.07) is 5.56. The molecule has 172 valence electrons. The number of imide groups is 1. The molecule has 4 N–H and O–H groups in total. The highest BCUT2D eigenvalue weighted by Gasteiger charge is 2.42. The molecule has 2 saturated carbocycles. The number of carbonyl (C=O) groups excluding carboxylic acids is 3. The molecule has 0 spiro atoms. The van der Waals surface area contributed by atoms with E-state index in [4.69, 9.17) is 5.73 Å². The normalized spacial score (nSPS) is 30.3. The highest BCUT2D eigenvalue weighted by molar-refractivity contribution is 6.06. The standard InChI is InChI=1S/C24H32N4O4/c25-14-24(32)10-8-16(9-11-24)27(12-15-4-5-15)19-3-1-2-17-18(19)13-28(23(17)31)20-6-7-21(29)26-22(20)30/h1-3,15-16,20,32H,4-14,25H2,(H,26,29,30). The number of fused-ring (bicyclic) bond motifs is 1. The summed E-state index contributed by atoms with van der Waals surface area (Å²) in [6.07, 6.45) is 6.19. The summed E-state index contributed by atoms with van der Waals surface area (Å²) < 4.78 is 0. The van der Waals surface area contributed by atoms with Crippen LogP contribution in [-0.2, 0) is 16.1 Å². The van der Waals surface area contributed by atoms with Crippen molar-refractivity contribution in [3.63, 3.8) is 0 Å². The Morgan fingerprint density at radius 1 is 1.12 bits per heavy atom. The van der Waals surface area contributed by atoms with Crippen molar-refractivity contribution in [3.05, 3.63) is 29.3 Å². The van der Waals surface area contributed by atoms with Gasteiger partial charge < -0.3 is 20.6 Å². The number of nitrogens with one attached hydrogen (secondary N) is 1. The van der Waals surface area contributed by atoms with Crippen molar-refractivity contribution < 1.29 is 19.5 Å². The SMILES string of the molecule is NCC1(O)CCC(N(CC2CC2)c2cccc3c2CN(C2CCC(=O)NC2=O)C3=O)CC1. The zero-order chi connectivity index (χ0) is 22.5. The number of anilines is 1. The van der Waals surface area contributed by atoms with E-state index in [-0.39, 0.29) is 24.1 Å². The van der Waals surface area contributed by atoms with Gasteiger partial charge in [-0.05, 0) is 63.0 Å². The van der Waals surface area contributed by atoms with E-state index in [2.05, 4.69) is 16.3 Å². The van der Waals surface area contributed by atoms with E-state index in [1.54, 1.807) is 4.90 Å². The van der Waals surface area contributed by atoms with Gasteiger partial charge in [0.1, 0.15) is 6.04 Å². The van der Waals surface area contributed by atoms with Gasteiger partial charge in [-0.15, -0.1) is 0 Å². The highest BCUT2D eigenvalue weighted by atomic mass is 16.3. The number of hydrogen-bond donors (Lipinski definition) is 3. The van der Waals surface area contributed by atoms with Gasteiger partial charge in [-0.3, -0.25) is 19.7 Å². The Morgan fingerprint density at radius 3 is 2.53 bits per heavy atom. The second kappa shape index (κ2) is 8.15. The molecule has 0 bridgehead atoms. The Labute approximate surface area is 188 Å². The molecule has 1 saturated heterocycles. The van der Waals surface area contributed by atoms with Crippen molar-refractivity contribution in [3.8, 4) is 0 Å². The Kier molecular flexibility index (Phi) is 5.45. The van der Waals surface area contributed by atoms with Crippen LogP contribution in [-0.4, -0.2) is 58.5 Å². The lowest BCUT2D eigenvalue weighted by Gasteiger charge is -2.42. The number of nitrogens with two attached hydrogens (primary N) is 1. The van der Waals surface area contributed by atoms with Crippen LogP contribution in [0.5, 0.6) is 0 Å². The van der Waals surface area contributed by atoms with Gasteiger partial charge in [0.25, 0.3) is 5.91 Å². The van der Waals surface area contributed by atoms with Gasteiger partial charge in [-0.2, -0.15) is 0 Å². The van der Waals surface area contributed by atoms with Gasteiger partial charge >= 0.3 is 0 Å². The number of piperidine rings is 1. The fourth-order valence-corrected chi connectivity index (χ4v) is 5.52. The second-order valence-electron chi connectivity index (χ2n) is 9.96. The molecule has 2 aliphatic carbocycles. The van der Waals surface area contributed by atoms with Crippen LogP contribution >= 0.6 is 0 Å². The number of amides is 3. The summed E-state index contributed by atoms with van der Waals surface area (Å²) in [4.78, 5) is 41.3. The first-order valence-electron chi connectivity index (χ1n) is 11.8. The summed E-state index contributed by atoms with van der Waals surface area (Å²) in [5.74, 6) is -0.123. The number of benzene rings is 1. The van der Waals surface area contributed by atoms with E-state index in [1.165, 1.54) is 12.8 Å². The minimum absolute atomic E-state index is 0.135. The van der Waals surface area contributed by atoms with Crippen LogP contribution < -0.4 is 16.0 Å². The van der Waals surface area contributed by atoms with Crippen LogP contribution in [0.25, 0.3) is 0 Å². The molecular formula is C24H32N4O4.